The van der Waals surface area contributed by atoms with Crippen LogP contribution in [0, 0.1) is 0 Å². The molecular weight excluding hydrogens is 110 g/mol. The molecule has 0 unspecified atom stereocenters. The normalized spacial score (nSPS) is 8.86. The standard InChI is InChI=1S/C5H10ClN/c1-5(6)3-2-4-7/h1-4,7H2. The molecule has 0 aliphatic carbocycles. The zero-order chi connectivity index (χ0) is 5.70. The quantitative estimate of drug-likeness (QED) is 0.599. The highest BCUT2D eigenvalue weighted by Gasteiger charge is 1.83. The molecule has 0 aromatic rings. The van der Waals surface area contributed by atoms with Crippen molar-refractivity contribution in [1.29, 1.82) is 0 Å². The molecule has 0 rings (SSSR count). The van der Waals surface area contributed by atoms with E-state index in [2.05, 4.69) is 6.58 Å². The van der Waals surface area contributed by atoms with Gasteiger partial charge in [-0.05, 0) is 19.4 Å². The molecule has 2 heteroatoms. The summed E-state index contributed by atoms with van der Waals surface area (Å²) in [5, 5.41) is 0.699. The summed E-state index contributed by atoms with van der Waals surface area (Å²) in [6, 6.07) is 0. The van der Waals surface area contributed by atoms with Gasteiger partial charge in [0.1, 0.15) is 0 Å². The van der Waals surface area contributed by atoms with Crippen molar-refractivity contribution in [1.82, 2.24) is 0 Å². The summed E-state index contributed by atoms with van der Waals surface area (Å²) in [6.07, 6.45) is 1.79. The number of hydrogen-bond acceptors (Lipinski definition) is 1. The van der Waals surface area contributed by atoms with Crippen molar-refractivity contribution in [3.8, 4) is 0 Å². The maximum Gasteiger partial charge on any atom is 0.0109 e. The van der Waals surface area contributed by atoms with E-state index in [1.807, 2.05) is 0 Å². The number of rotatable bonds is 3. The Balaban J connectivity index is 2.82. The van der Waals surface area contributed by atoms with Crippen molar-refractivity contribution in [3.05, 3.63) is 11.6 Å². The molecule has 0 amide bonds. The van der Waals surface area contributed by atoms with E-state index in [4.69, 9.17) is 17.3 Å². The van der Waals surface area contributed by atoms with E-state index in [-0.39, 0.29) is 0 Å². The summed E-state index contributed by atoms with van der Waals surface area (Å²) >= 11 is 5.41. The number of nitrogens with two attached hydrogens (primary N) is 1. The van der Waals surface area contributed by atoms with Gasteiger partial charge >= 0.3 is 0 Å². The van der Waals surface area contributed by atoms with Crippen LogP contribution < -0.4 is 5.73 Å². The summed E-state index contributed by atoms with van der Waals surface area (Å²) in [5.41, 5.74) is 5.18. The zero-order valence-electron chi connectivity index (χ0n) is 4.28. The summed E-state index contributed by atoms with van der Waals surface area (Å²) in [5.74, 6) is 0. The number of allylic oxidation sites excluding steroid dienone is 1. The van der Waals surface area contributed by atoms with E-state index < -0.39 is 0 Å². The fourth-order valence-corrected chi connectivity index (χ4v) is 0.428. The predicted octanol–water partition coefficient (Wildman–Crippen LogP) is 1.48. The Hall–Kier alpha value is -0.0100. The van der Waals surface area contributed by atoms with E-state index in [1.165, 1.54) is 0 Å². The van der Waals surface area contributed by atoms with Crippen molar-refractivity contribution >= 4 is 11.6 Å². The molecule has 0 spiro atoms. The van der Waals surface area contributed by atoms with Gasteiger partial charge in [-0.3, -0.25) is 0 Å². The van der Waals surface area contributed by atoms with Crippen LogP contribution in [0.5, 0.6) is 0 Å². The molecule has 0 atom stereocenters. The van der Waals surface area contributed by atoms with Gasteiger partial charge in [-0.25, -0.2) is 0 Å². The third-order valence-electron chi connectivity index (χ3n) is 0.652. The Labute approximate surface area is 49.2 Å². The van der Waals surface area contributed by atoms with E-state index in [1.54, 1.807) is 0 Å². The lowest BCUT2D eigenvalue weighted by Gasteiger charge is -1.89. The van der Waals surface area contributed by atoms with Crippen molar-refractivity contribution in [3.63, 3.8) is 0 Å². The van der Waals surface area contributed by atoms with Gasteiger partial charge in [0.25, 0.3) is 0 Å². The van der Waals surface area contributed by atoms with Crippen LogP contribution in [-0.4, -0.2) is 6.54 Å². The van der Waals surface area contributed by atoms with Gasteiger partial charge in [-0.1, -0.05) is 18.2 Å². The molecule has 0 heterocycles. The number of halogens is 1. The highest BCUT2D eigenvalue weighted by atomic mass is 35.5. The molecule has 1 nitrogen and oxygen atoms in total. The highest BCUT2D eigenvalue weighted by molar-refractivity contribution is 6.29. The van der Waals surface area contributed by atoms with Crippen LogP contribution in [0.1, 0.15) is 12.8 Å². The Morgan fingerprint density at radius 1 is 1.71 bits per heavy atom. The first-order chi connectivity index (χ1) is 3.27. The van der Waals surface area contributed by atoms with Crippen LogP contribution in [0.25, 0.3) is 0 Å². The van der Waals surface area contributed by atoms with E-state index in [0.717, 1.165) is 12.8 Å². The highest BCUT2D eigenvalue weighted by Crippen LogP contribution is 2.03. The van der Waals surface area contributed by atoms with E-state index >= 15 is 0 Å². The van der Waals surface area contributed by atoms with E-state index in [9.17, 15) is 0 Å². The number of hydrogen-bond donors (Lipinski definition) is 1. The smallest absolute Gasteiger partial charge is 0.0109 e. The fraction of sp³-hybridized carbons (Fsp3) is 0.600. The van der Waals surface area contributed by atoms with Gasteiger partial charge in [0.05, 0.1) is 0 Å². The first-order valence-electron chi connectivity index (χ1n) is 2.30. The van der Waals surface area contributed by atoms with Gasteiger partial charge in [-0.2, -0.15) is 0 Å². The molecule has 0 aliphatic heterocycles. The molecule has 7 heavy (non-hydrogen) atoms. The topological polar surface area (TPSA) is 26.0 Å². The van der Waals surface area contributed by atoms with Crippen LogP contribution in [0.15, 0.2) is 11.6 Å². The first kappa shape index (κ1) is 6.99. The average molecular weight is 120 g/mol. The van der Waals surface area contributed by atoms with Crippen molar-refractivity contribution in [2.24, 2.45) is 5.73 Å². The van der Waals surface area contributed by atoms with Crippen molar-refractivity contribution in [2.75, 3.05) is 6.54 Å². The molecule has 0 radical (unpaired) electrons. The molecule has 0 aromatic carbocycles. The monoisotopic (exact) mass is 119 g/mol. The minimum atomic E-state index is 0.699. The lowest BCUT2D eigenvalue weighted by Crippen LogP contribution is -1.96. The molecular formula is C5H10ClN. The Morgan fingerprint density at radius 2 is 2.29 bits per heavy atom. The summed E-state index contributed by atoms with van der Waals surface area (Å²) < 4.78 is 0. The van der Waals surface area contributed by atoms with Crippen LogP contribution >= 0.6 is 11.6 Å². The van der Waals surface area contributed by atoms with Crippen LogP contribution in [0.2, 0.25) is 0 Å². The fourth-order valence-electron chi connectivity index (χ4n) is 0.294. The third-order valence-corrected chi connectivity index (χ3v) is 0.841. The average Bonchev–Trinajstić information content (AvgIpc) is 1.61. The summed E-state index contributed by atoms with van der Waals surface area (Å²) in [7, 11) is 0. The summed E-state index contributed by atoms with van der Waals surface area (Å²) in [6.45, 7) is 4.20. The van der Waals surface area contributed by atoms with Crippen LogP contribution in [0.4, 0.5) is 0 Å². The zero-order valence-corrected chi connectivity index (χ0v) is 5.04. The molecule has 0 saturated heterocycles. The Morgan fingerprint density at radius 3 is 2.43 bits per heavy atom. The van der Waals surface area contributed by atoms with Gasteiger partial charge < -0.3 is 5.73 Å². The molecule has 2 N–H and O–H groups in total. The molecule has 0 fully saturated rings. The SMILES string of the molecule is C=C(Cl)CCCN. The van der Waals surface area contributed by atoms with Crippen LogP contribution in [-0.2, 0) is 0 Å². The summed E-state index contributed by atoms with van der Waals surface area (Å²) in [4.78, 5) is 0. The maximum atomic E-state index is 5.41. The molecule has 0 saturated carbocycles. The van der Waals surface area contributed by atoms with Gasteiger partial charge in [0.15, 0.2) is 0 Å². The molecule has 42 valence electrons. The van der Waals surface area contributed by atoms with Gasteiger partial charge in [0, 0.05) is 5.03 Å². The maximum absolute atomic E-state index is 5.41. The van der Waals surface area contributed by atoms with Crippen molar-refractivity contribution in [2.45, 2.75) is 12.8 Å². The van der Waals surface area contributed by atoms with Gasteiger partial charge in [-0.15, -0.1) is 0 Å². The second-order valence-corrected chi connectivity index (χ2v) is 1.94. The molecule has 0 aliphatic rings. The Bertz CT molecular complexity index is 61.1. The second-order valence-electron chi connectivity index (χ2n) is 1.41. The van der Waals surface area contributed by atoms with Gasteiger partial charge in [0.2, 0.25) is 0 Å². The largest absolute Gasteiger partial charge is 0.330 e. The lowest BCUT2D eigenvalue weighted by atomic mass is 10.3. The first-order valence-corrected chi connectivity index (χ1v) is 2.68. The minimum absolute atomic E-state index is 0.699. The van der Waals surface area contributed by atoms with E-state index in [0.29, 0.717) is 11.6 Å². The van der Waals surface area contributed by atoms with Crippen LogP contribution in [0.3, 0.4) is 0 Å². The second kappa shape index (κ2) is 4.16. The van der Waals surface area contributed by atoms with Crippen molar-refractivity contribution < 1.29 is 0 Å². The predicted molar refractivity (Wildman–Crippen MR) is 33.3 cm³/mol. The Kier molecular flexibility index (Phi) is 4.15. The minimum Gasteiger partial charge on any atom is -0.330 e. The molecule has 0 aromatic heterocycles. The third kappa shape index (κ3) is 5.99. The molecule has 0 bridgehead atoms. The lowest BCUT2D eigenvalue weighted by molar-refractivity contribution is 0.848.